The van der Waals surface area contributed by atoms with Crippen LogP contribution in [0.1, 0.15) is 11.1 Å². The number of benzene rings is 2. The third-order valence-electron chi connectivity index (χ3n) is 3.63. The maximum absolute atomic E-state index is 11.5. The molecule has 2 aromatic carbocycles. The quantitative estimate of drug-likeness (QED) is 0.358. The van der Waals surface area contributed by atoms with Crippen molar-refractivity contribution in [1.29, 1.82) is 0 Å². The molecule has 8 heteroatoms. The summed E-state index contributed by atoms with van der Waals surface area (Å²) in [6.45, 7) is 1.29. The highest BCUT2D eigenvalue weighted by molar-refractivity contribution is 14.0. The van der Waals surface area contributed by atoms with E-state index in [0.29, 0.717) is 17.4 Å². The van der Waals surface area contributed by atoms with Gasteiger partial charge in [-0.15, -0.1) is 24.0 Å². The van der Waals surface area contributed by atoms with Crippen LogP contribution in [0.4, 0.5) is 0 Å². The summed E-state index contributed by atoms with van der Waals surface area (Å²) in [5.41, 5.74) is 2.14. The Labute approximate surface area is 177 Å². The van der Waals surface area contributed by atoms with E-state index in [9.17, 15) is 8.42 Å². The van der Waals surface area contributed by atoms with Gasteiger partial charge in [-0.25, -0.2) is 8.42 Å². The molecular weight excluding hydrogens is 485 g/mol. The van der Waals surface area contributed by atoms with Crippen LogP contribution in [0.2, 0.25) is 5.02 Å². The van der Waals surface area contributed by atoms with Gasteiger partial charge in [0.1, 0.15) is 0 Å². The SMILES string of the molecule is CN=C(NCCc1cccc(Cl)c1)NCc1ccc(S(C)(=O)=O)cc1.I. The van der Waals surface area contributed by atoms with Gasteiger partial charge in [0.15, 0.2) is 15.8 Å². The maximum Gasteiger partial charge on any atom is 0.191 e. The second kappa shape index (κ2) is 10.7. The van der Waals surface area contributed by atoms with Crippen molar-refractivity contribution in [2.45, 2.75) is 17.9 Å². The minimum Gasteiger partial charge on any atom is -0.356 e. The maximum atomic E-state index is 11.5. The Morgan fingerprint density at radius 1 is 1.08 bits per heavy atom. The molecule has 0 unspecified atom stereocenters. The largest absolute Gasteiger partial charge is 0.356 e. The first-order valence-corrected chi connectivity index (χ1v) is 10.1. The molecule has 5 nitrogen and oxygen atoms in total. The first-order valence-electron chi connectivity index (χ1n) is 7.86. The van der Waals surface area contributed by atoms with Gasteiger partial charge in [0, 0.05) is 31.4 Å². The normalized spacial score (nSPS) is 11.6. The van der Waals surface area contributed by atoms with E-state index in [4.69, 9.17) is 11.6 Å². The van der Waals surface area contributed by atoms with Crippen LogP contribution in [0.3, 0.4) is 0 Å². The minimum absolute atomic E-state index is 0. The molecule has 0 aromatic heterocycles. The van der Waals surface area contributed by atoms with Gasteiger partial charge in [-0.2, -0.15) is 0 Å². The van der Waals surface area contributed by atoms with E-state index in [1.807, 2.05) is 24.3 Å². The molecule has 0 spiro atoms. The molecule has 0 radical (unpaired) electrons. The summed E-state index contributed by atoms with van der Waals surface area (Å²) in [7, 11) is -1.45. The second-order valence-electron chi connectivity index (χ2n) is 5.65. The topological polar surface area (TPSA) is 70.6 Å². The molecule has 142 valence electrons. The first kappa shape index (κ1) is 22.7. The standard InChI is InChI=1S/C18H22ClN3O2S.HI/c1-20-18(21-11-10-14-4-3-5-16(19)12-14)22-13-15-6-8-17(9-7-15)25(2,23)24;/h3-9,12H,10-11,13H2,1-2H3,(H2,20,21,22);1H. The summed E-state index contributed by atoms with van der Waals surface area (Å²) in [5, 5.41) is 7.18. The number of nitrogens with zero attached hydrogens (tertiary/aromatic N) is 1. The van der Waals surface area contributed by atoms with Gasteiger partial charge in [0.05, 0.1) is 4.90 Å². The van der Waals surface area contributed by atoms with Gasteiger partial charge in [0.25, 0.3) is 0 Å². The van der Waals surface area contributed by atoms with Crippen LogP contribution in [0.5, 0.6) is 0 Å². The number of halogens is 2. The molecule has 0 bridgehead atoms. The fourth-order valence-corrected chi connectivity index (χ4v) is 3.12. The average molecular weight is 508 g/mol. The Balaban J connectivity index is 0.00000338. The lowest BCUT2D eigenvalue weighted by atomic mass is 10.1. The molecular formula is C18H23ClIN3O2S. The van der Waals surface area contributed by atoms with Crippen LogP contribution in [0, 0.1) is 0 Å². The summed E-state index contributed by atoms with van der Waals surface area (Å²) in [4.78, 5) is 4.50. The molecule has 0 aliphatic heterocycles. The first-order chi connectivity index (χ1) is 11.9. The number of guanidine groups is 1. The highest BCUT2D eigenvalue weighted by atomic mass is 127. The number of aliphatic imine (C=N–C) groups is 1. The van der Waals surface area contributed by atoms with Crippen molar-refractivity contribution in [3.8, 4) is 0 Å². The predicted molar refractivity (Wildman–Crippen MR) is 118 cm³/mol. The Kier molecular flexibility index (Phi) is 9.38. The third kappa shape index (κ3) is 7.51. The van der Waals surface area contributed by atoms with Crippen LogP contribution in [0.25, 0.3) is 0 Å². The summed E-state index contributed by atoms with van der Waals surface area (Å²) >= 11 is 5.98. The Bertz CT molecular complexity index is 840. The molecule has 0 fully saturated rings. The Hall–Kier alpha value is -1.32. The fraction of sp³-hybridized carbons (Fsp3) is 0.278. The summed E-state index contributed by atoms with van der Waals surface area (Å²) in [5.74, 6) is 0.689. The van der Waals surface area contributed by atoms with Crippen LogP contribution < -0.4 is 10.6 Å². The molecule has 0 saturated carbocycles. The lowest BCUT2D eigenvalue weighted by Crippen LogP contribution is -2.37. The van der Waals surface area contributed by atoms with Crippen molar-refractivity contribution in [2.24, 2.45) is 4.99 Å². The molecule has 0 aliphatic rings. The lowest BCUT2D eigenvalue weighted by Gasteiger charge is -2.12. The minimum atomic E-state index is -3.16. The zero-order valence-corrected chi connectivity index (χ0v) is 18.6. The van der Waals surface area contributed by atoms with Crippen LogP contribution in [-0.4, -0.2) is 34.2 Å². The van der Waals surface area contributed by atoms with Crippen molar-refractivity contribution in [3.05, 3.63) is 64.7 Å². The predicted octanol–water partition coefficient (Wildman–Crippen LogP) is 3.27. The lowest BCUT2D eigenvalue weighted by molar-refractivity contribution is 0.602. The Morgan fingerprint density at radius 2 is 1.77 bits per heavy atom. The van der Waals surface area contributed by atoms with Crippen LogP contribution >= 0.6 is 35.6 Å². The number of hydrogen-bond acceptors (Lipinski definition) is 3. The van der Waals surface area contributed by atoms with E-state index in [1.165, 1.54) is 6.26 Å². The van der Waals surface area contributed by atoms with Crippen molar-refractivity contribution in [1.82, 2.24) is 10.6 Å². The van der Waals surface area contributed by atoms with Gasteiger partial charge >= 0.3 is 0 Å². The van der Waals surface area contributed by atoms with Gasteiger partial charge in [0.2, 0.25) is 0 Å². The summed E-state index contributed by atoms with van der Waals surface area (Å²) < 4.78 is 22.9. The van der Waals surface area contributed by atoms with Crippen molar-refractivity contribution >= 4 is 51.4 Å². The zero-order chi connectivity index (χ0) is 18.3. The number of hydrogen-bond donors (Lipinski definition) is 2. The molecule has 0 amide bonds. The highest BCUT2D eigenvalue weighted by Gasteiger charge is 2.06. The molecule has 2 rings (SSSR count). The number of nitrogens with one attached hydrogen (secondary N) is 2. The van der Waals surface area contributed by atoms with Gasteiger partial charge < -0.3 is 10.6 Å². The summed E-state index contributed by atoms with van der Waals surface area (Å²) in [6.07, 6.45) is 2.04. The fourth-order valence-electron chi connectivity index (χ4n) is 2.28. The highest BCUT2D eigenvalue weighted by Crippen LogP contribution is 2.11. The van der Waals surface area contributed by atoms with Crippen molar-refractivity contribution in [3.63, 3.8) is 0 Å². The van der Waals surface area contributed by atoms with Crippen LogP contribution in [0.15, 0.2) is 58.4 Å². The smallest absolute Gasteiger partial charge is 0.191 e. The van der Waals surface area contributed by atoms with E-state index in [2.05, 4.69) is 15.6 Å². The van der Waals surface area contributed by atoms with Gasteiger partial charge in [-0.3, -0.25) is 4.99 Å². The molecule has 0 heterocycles. The van der Waals surface area contributed by atoms with E-state index >= 15 is 0 Å². The van der Waals surface area contributed by atoms with E-state index < -0.39 is 9.84 Å². The zero-order valence-electron chi connectivity index (χ0n) is 14.7. The number of sulfone groups is 1. The van der Waals surface area contributed by atoms with Crippen LogP contribution in [-0.2, 0) is 22.8 Å². The molecule has 0 saturated heterocycles. The Morgan fingerprint density at radius 3 is 2.35 bits per heavy atom. The van der Waals surface area contributed by atoms with Crippen molar-refractivity contribution < 1.29 is 8.42 Å². The van der Waals surface area contributed by atoms with Crippen molar-refractivity contribution in [2.75, 3.05) is 19.8 Å². The second-order valence-corrected chi connectivity index (χ2v) is 8.10. The number of rotatable bonds is 6. The van der Waals surface area contributed by atoms with Gasteiger partial charge in [-0.05, 0) is 41.8 Å². The van der Waals surface area contributed by atoms with E-state index in [0.717, 1.165) is 29.1 Å². The molecule has 0 atom stereocenters. The van der Waals surface area contributed by atoms with E-state index in [1.54, 1.807) is 31.3 Å². The average Bonchev–Trinajstić information content (AvgIpc) is 2.57. The molecule has 0 aliphatic carbocycles. The molecule has 26 heavy (non-hydrogen) atoms. The third-order valence-corrected chi connectivity index (χ3v) is 4.99. The molecule has 2 aromatic rings. The van der Waals surface area contributed by atoms with E-state index in [-0.39, 0.29) is 24.0 Å². The monoisotopic (exact) mass is 507 g/mol. The molecule has 2 N–H and O–H groups in total. The van der Waals surface area contributed by atoms with Gasteiger partial charge in [-0.1, -0.05) is 35.9 Å². The summed E-state index contributed by atoms with van der Waals surface area (Å²) in [6, 6.07) is 14.6.